The number of hydrogen-bond acceptors (Lipinski definition) is 4. The van der Waals surface area contributed by atoms with Crippen LogP contribution in [0.1, 0.15) is 66.1 Å². The molecule has 5 rings (SSSR count). The maximum Gasteiger partial charge on any atom is 0.291 e. The van der Waals surface area contributed by atoms with E-state index < -0.39 is 0 Å². The van der Waals surface area contributed by atoms with Crippen LogP contribution in [0.15, 0.2) is 95.4 Å². The van der Waals surface area contributed by atoms with E-state index in [-0.39, 0.29) is 23.7 Å². The Labute approximate surface area is 225 Å². The van der Waals surface area contributed by atoms with Crippen LogP contribution in [0.4, 0.5) is 5.69 Å². The van der Waals surface area contributed by atoms with Gasteiger partial charge in [0.2, 0.25) is 0 Å². The summed E-state index contributed by atoms with van der Waals surface area (Å²) < 4.78 is 11.7. The van der Waals surface area contributed by atoms with Gasteiger partial charge < -0.3 is 14.5 Å². The van der Waals surface area contributed by atoms with Crippen LogP contribution in [0.5, 0.6) is 5.75 Å². The highest BCUT2D eigenvalue weighted by molar-refractivity contribution is 6.02. The Morgan fingerprint density at radius 3 is 2.24 bits per heavy atom. The fourth-order valence-corrected chi connectivity index (χ4v) is 4.98. The van der Waals surface area contributed by atoms with Crippen LogP contribution in [-0.4, -0.2) is 23.9 Å². The van der Waals surface area contributed by atoms with Gasteiger partial charge in [0, 0.05) is 17.6 Å². The molecule has 5 heteroatoms. The van der Waals surface area contributed by atoms with Crippen molar-refractivity contribution < 1.29 is 13.9 Å². The van der Waals surface area contributed by atoms with E-state index in [1.807, 2.05) is 30.3 Å². The topological polar surface area (TPSA) is 54.7 Å². The Balaban J connectivity index is 1.12. The van der Waals surface area contributed by atoms with Gasteiger partial charge in [0.05, 0.1) is 0 Å². The van der Waals surface area contributed by atoms with Gasteiger partial charge in [0.25, 0.3) is 5.91 Å². The van der Waals surface area contributed by atoms with E-state index >= 15 is 0 Å². The third-order valence-corrected chi connectivity index (χ3v) is 7.40. The number of likely N-dealkylation sites (tertiary alicyclic amines) is 1. The average Bonchev–Trinajstić information content (AvgIpc) is 3.44. The van der Waals surface area contributed by atoms with Crippen LogP contribution in [0.3, 0.4) is 0 Å². The van der Waals surface area contributed by atoms with Crippen molar-refractivity contribution in [1.29, 1.82) is 0 Å². The molecule has 5 nitrogen and oxygen atoms in total. The van der Waals surface area contributed by atoms with Crippen LogP contribution in [-0.2, 0) is 18.6 Å². The zero-order chi connectivity index (χ0) is 26.4. The molecule has 1 saturated heterocycles. The fourth-order valence-electron chi connectivity index (χ4n) is 4.98. The zero-order valence-electron chi connectivity index (χ0n) is 22.3. The third-order valence-electron chi connectivity index (χ3n) is 7.40. The predicted molar refractivity (Wildman–Crippen MR) is 152 cm³/mol. The van der Waals surface area contributed by atoms with E-state index in [1.165, 1.54) is 49.0 Å². The summed E-state index contributed by atoms with van der Waals surface area (Å²) in [5.74, 6) is 1.35. The summed E-state index contributed by atoms with van der Waals surface area (Å²) in [4.78, 5) is 15.2. The number of furan rings is 1. The van der Waals surface area contributed by atoms with E-state index in [1.54, 1.807) is 12.1 Å². The number of nitrogens with one attached hydrogen (secondary N) is 1. The average molecular weight is 509 g/mol. The molecule has 1 amide bonds. The van der Waals surface area contributed by atoms with Crippen molar-refractivity contribution >= 4 is 11.6 Å². The summed E-state index contributed by atoms with van der Waals surface area (Å²) in [5.41, 5.74) is 4.40. The molecule has 0 aliphatic carbocycles. The molecule has 1 aliphatic rings. The van der Waals surface area contributed by atoms with Gasteiger partial charge in [0.1, 0.15) is 18.1 Å². The quantitative estimate of drug-likeness (QED) is 0.256. The Morgan fingerprint density at radius 2 is 1.53 bits per heavy atom. The van der Waals surface area contributed by atoms with Crippen molar-refractivity contribution in [3.05, 3.63) is 119 Å². The van der Waals surface area contributed by atoms with Crippen molar-refractivity contribution in [3.8, 4) is 5.75 Å². The number of amides is 1. The maximum atomic E-state index is 12.7. The number of hydrogen-bond donors (Lipinski definition) is 1. The van der Waals surface area contributed by atoms with Crippen molar-refractivity contribution in [3.63, 3.8) is 0 Å². The molecule has 1 aliphatic heterocycles. The zero-order valence-corrected chi connectivity index (χ0v) is 22.3. The Bertz CT molecular complexity index is 1320. The molecule has 1 N–H and O–H groups in total. The van der Waals surface area contributed by atoms with Crippen molar-refractivity contribution in [2.75, 3.05) is 18.4 Å². The number of anilines is 1. The summed E-state index contributed by atoms with van der Waals surface area (Å²) in [6, 6.07) is 30.2. The molecule has 0 saturated carbocycles. The standard InChI is InChI=1S/C33H36N2O3/c1-33(2,26-9-5-3-6-10-26)27-13-17-29(18-14-27)37-24-30-19-20-31(38-30)32(36)34-28-15-11-25(12-16-28)23-35-21-7-4-8-22-35/h3,5-6,9-20H,4,7-8,21-24H2,1-2H3,(H,34,36). The molecule has 0 spiro atoms. The normalized spacial score (nSPS) is 14.3. The first-order chi connectivity index (χ1) is 18.5. The van der Waals surface area contributed by atoms with Gasteiger partial charge in [-0.25, -0.2) is 0 Å². The smallest absolute Gasteiger partial charge is 0.291 e. The van der Waals surface area contributed by atoms with E-state index in [2.05, 4.69) is 72.6 Å². The summed E-state index contributed by atoms with van der Waals surface area (Å²) in [7, 11) is 0. The van der Waals surface area contributed by atoms with Crippen molar-refractivity contribution in [2.24, 2.45) is 0 Å². The van der Waals surface area contributed by atoms with Gasteiger partial charge in [-0.1, -0.05) is 74.9 Å². The van der Waals surface area contributed by atoms with Crippen LogP contribution < -0.4 is 10.1 Å². The number of benzene rings is 3. The molecular weight excluding hydrogens is 472 g/mol. The van der Waals surface area contributed by atoms with Crippen molar-refractivity contribution in [1.82, 2.24) is 4.90 Å². The second-order valence-electron chi connectivity index (χ2n) is 10.6. The third kappa shape index (κ3) is 6.35. The van der Waals surface area contributed by atoms with Gasteiger partial charge in [-0.15, -0.1) is 0 Å². The summed E-state index contributed by atoms with van der Waals surface area (Å²) >= 11 is 0. The second-order valence-corrected chi connectivity index (χ2v) is 10.6. The SMILES string of the molecule is CC(C)(c1ccccc1)c1ccc(OCc2ccc(C(=O)Nc3ccc(CN4CCCCC4)cc3)o2)cc1. The number of rotatable bonds is 9. The first-order valence-electron chi connectivity index (χ1n) is 13.5. The van der Waals surface area contributed by atoms with Gasteiger partial charge in [-0.05, 0) is 79.0 Å². The Morgan fingerprint density at radius 1 is 0.842 bits per heavy atom. The van der Waals surface area contributed by atoms with Crippen LogP contribution >= 0.6 is 0 Å². The Kier molecular flexibility index (Phi) is 7.94. The molecule has 38 heavy (non-hydrogen) atoms. The lowest BCUT2D eigenvalue weighted by molar-refractivity contribution is 0.0992. The van der Waals surface area contributed by atoms with Crippen LogP contribution in [0, 0.1) is 0 Å². The molecule has 1 aromatic heterocycles. The van der Waals surface area contributed by atoms with Gasteiger partial charge in [0.15, 0.2) is 5.76 Å². The molecule has 2 heterocycles. The van der Waals surface area contributed by atoms with Gasteiger partial charge in [-0.3, -0.25) is 9.69 Å². The minimum absolute atomic E-state index is 0.100. The van der Waals surface area contributed by atoms with Crippen molar-refractivity contribution in [2.45, 2.75) is 51.7 Å². The first-order valence-corrected chi connectivity index (χ1v) is 13.5. The van der Waals surface area contributed by atoms with Gasteiger partial charge >= 0.3 is 0 Å². The highest BCUT2D eigenvalue weighted by Crippen LogP contribution is 2.32. The summed E-state index contributed by atoms with van der Waals surface area (Å²) in [6.07, 6.45) is 3.90. The van der Waals surface area contributed by atoms with E-state index in [0.29, 0.717) is 5.76 Å². The molecule has 0 bridgehead atoms. The predicted octanol–water partition coefficient (Wildman–Crippen LogP) is 7.42. The maximum absolute atomic E-state index is 12.7. The van der Waals surface area contributed by atoms with E-state index in [0.717, 1.165) is 18.0 Å². The first kappa shape index (κ1) is 25.8. The highest BCUT2D eigenvalue weighted by Gasteiger charge is 2.22. The minimum atomic E-state index is -0.271. The molecule has 3 aromatic carbocycles. The lowest BCUT2D eigenvalue weighted by atomic mass is 9.78. The van der Waals surface area contributed by atoms with E-state index in [9.17, 15) is 4.79 Å². The molecule has 0 radical (unpaired) electrons. The number of carbonyl (C=O) groups is 1. The lowest BCUT2D eigenvalue weighted by Gasteiger charge is -2.26. The monoisotopic (exact) mass is 508 g/mol. The number of piperidine rings is 1. The van der Waals surface area contributed by atoms with Crippen LogP contribution in [0.25, 0.3) is 0 Å². The van der Waals surface area contributed by atoms with E-state index in [4.69, 9.17) is 9.15 Å². The molecule has 1 fully saturated rings. The molecule has 0 unspecified atom stereocenters. The second kappa shape index (κ2) is 11.7. The fraction of sp³-hybridized carbons (Fsp3) is 0.303. The molecule has 196 valence electrons. The number of nitrogens with zero attached hydrogens (tertiary/aromatic N) is 1. The molecular formula is C33H36N2O3. The number of carbonyl (C=O) groups excluding carboxylic acids is 1. The highest BCUT2D eigenvalue weighted by atomic mass is 16.5. The largest absolute Gasteiger partial charge is 0.486 e. The summed E-state index contributed by atoms with van der Waals surface area (Å²) in [5, 5.41) is 2.92. The number of ether oxygens (including phenoxy) is 1. The molecule has 0 atom stereocenters. The lowest BCUT2D eigenvalue weighted by Crippen LogP contribution is -2.29. The minimum Gasteiger partial charge on any atom is -0.486 e. The Hall–Kier alpha value is -3.83. The van der Waals surface area contributed by atoms with Gasteiger partial charge in [-0.2, -0.15) is 0 Å². The van der Waals surface area contributed by atoms with Crippen LogP contribution in [0.2, 0.25) is 0 Å². The molecule has 4 aromatic rings. The summed E-state index contributed by atoms with van der Waals surface area (Å²) in [6.45, 7) is 7.99.